The molecule has 28 heavy (non-hydrogen) atoms. The van der Waals surface area contributed by atoms with E-state index in [1.54, 1.807) is 6.07 Å². The van der Waals surface area contributed by atoms with Gasteiger partial charge in [-0.15, -0.1) is 0 Å². The first-order valence-corrected chi connectivity index (χ1v) is 10.7. The highest BCUT2D eigenvalue weighted by atomic mass is 16.2. The number of carbonyl (C=O) groups excluding carboxylic acids is 2. The van der Waals surface area contributed by atoms with Gasteiger partial charge >= 0.3 is 0 Å². The fourth-order valence-electron chi connectivity index (χ4n) is 5.31. The Hall–Kier alpha value is -1.99. The van der Waals surface area contributed by atoms with Crippen LogP contribution in [0.2, 0.25) is 0 Å². The number of hydrogen-bond donors (Lipinski definition) is 2. The van der Waals surface area contributed by atoms with Crippen LogP contribution in [-0.4, -0.2) is 73.5 Å². The maximum atomic E-state index is 12.6. The quantitative estimate of drug-likeness (QED) is 0.551. The third kappa shape index (κ3) is 4.05. The molecular weight excluding hydrogens is 356 g/mol. The fourth-order valence-corrected chi connectivity index (χ4v) is 5.31. The van der Waals surface area contributed by atoms with Gasteiger partial charge in [0.25, 0.3) is 5.56 Å². The summed E-state index contributed by atoms with van der Waals surface area (Å²) >= 11 is 0. The molecule has 0 radical (unpaired) electrons. The van der Waals surface area contributed by atoms with E-state index in [1.807, 2.05) is 15.5 Å². The summed E-state index contributed by atoms with van der Waals surface area (Å²) in [6.07, 6.45) is 1.14. The van der Waals surface area contributed by atoms with E-state index in [0.29, 0.717) is 18.4 Å². The SMILES string of the molecule is CC[NH+]1CCN(C(=O)CC(=O)C[NH+]2C[C@@H]3C[C@H](C2)c2cccc(=O)n2C3)CC1. The molecule has 3 aliphatic rings. The Morgan fingerprint density at radius 1 is 1.14 bits per heavy atom. The lowest BCUT2D eigenvalue weighted by atomic mass is 9.83. The highest BCUT2D eigenvalue weighted by Crippen LogP contribution is 2.29. The van der Waals surface area contributed by atoms with Gasteiger partial charge in [-0.25, -0.2) is 0 Å². The molecule has 2 bridgehead atoms. The summed E-state index contributed by atoms with van der Waals surface area (Å²) in [5, 5.41) is 0. The number of hydrogen-bond acceptors (Lipinski definition) is 3. The summed E-state index contributed by atoms with van der Waals surface area (Å²) < 4.78 is 1.92. The molecule has 152 valence electrons. The van der Waals surface area contributed by atoms with Crippen molar-refractivity contribution in [3.8, 4) is 0 Å². The van der Waals surface area contributed by atoms with E-state index in [2.05, 4.69) is 13.0 Å². The number of aromatic nitrogens is 1. The molecule has 4 rings (SSSR count). The number of Topliss-reactive ketones (excluding diaryl/α,β-unsaturated/α-hetero) is 1. The molecule has 0 aromatic carbocycles. The molecular formula is C21H32N4O3+2. The zero-order chi connectivity index (χ0) is 19.7. The number of likely N-dealkylation sites (tertiary alicyclic amines) is 1. The van der Waals surface area contributed by atoms with Crippen molar-refractivity contribution < 1.29 is 19.4 Å². The van der Waals surface area contributed by atoms with E-state index in [4.69, 9.17) is 0 Å². The molecule has 1 amide bonds. The predicted molar refractivity (Wildman–Crippen MR) is 105 cm³/mol. The second-order valence-electron chi connectivity index (χ2n) is 8.73. The Kier molecular flexibility index (Phi) is 5.64. The second kappa shape index (κ2) is 8.17. The number of rotatable bonds is 5. The molecule has 3 aliphatic heterocycles. The summed E-state index contributed by atoms with van der Waals surface area (Å²) in [6, 6.07) is 5.52. The lowest BCUT2D eigenvalue weighted by molar-refractivity contribution is -0.903. The molecule has 2 fully saturated rings. The standard InChI is InChI=1S/C21H30N4O3/c1-2-22-6-8-24(9-7-22)21(28)11-18(26)15-23-12-16-10-17(14-23)19-4-3-5-20(27)25(19)13-16/h3-5,16-17H,2,6-15H2,1H3/p+2/t16-,17+/m0/s1. The third-order valence-corrected chi connectivity index (χ3v) is 6.79. The van der Waals surface area contributed by atoms with Crippen molar-refractivity contribution in [1.82, 2.24) is 9.47 Å². The number of quaternary nitrogens is 2. The van der Waals surface area contributed by atoms with Gasteiger partial charge in [0.05, 0.1) is 52.2 Å². The molecule has 0 saturated carbocycles. The number of piperidine rings is 1. The fraction of sp³-hybridized carbons (Fsp3) is 0.667. The topological polar surface area (TPSA) is 68.3 Å². The summed E-state index contributed by atoms with van der Waals surface area (Å²) in [6.45, 7) is 9.73. The number of pyridine rings is 1. The minimum Gasteiger partial charge on any atom is -0.332 e. The number of amides is 1. The van der Waals surface area contributed by atoms with Crippen molar-refractivity contribution in [1.29, 1.82) is 0 Å². The first kappa shape index (κ1) is 19.3. The van der Waals surface area contributed by atoms with Crippen LogP contribution in [0.4, 0.5) is 0 Å². The number of carbonyl (C=O) groups is 2. The van der Waals surface area contributed by atoms with Gasteiger partial charge < -0.3 is 19.3 Å². The van der Waals surface area contributed by atoms with Crippen LogP contribution >= 0.6 is 0 Å². The molecule has 2 N–H and O–H groups in total. The molecule has 7 nitrogen and oxygen atoms in total. The zero-order valence-electron chi connectivity index (χ0n) is 16.8. The lowest BCUT2D eigenvalue weighted by Crippen LogP contribution is -3.15. The summed E-state index contributed by atoms with van der Waals surface area (Å²) in [5.74, 6) is 0.823. The van der Waals surface area contributed by atoms with Gasteiger partial charge in [0, 0.05) is 30.1 Å². The van der Waals surface area contributed by atoms with Gasteiger partial charge in [0.15, 0.2) is 5.78 Å². The van der Waals surface area contributed by atoms with Crippen LogP contribution in [0.15, 0.2) is 23.0 Å². The summed E-state index contributed by atoms with van der Waals surface area (Å²) in [4.78, 5) is 41.8. The molecule has 0 aliphatic carbocycles. The van der Waals surface area contributed by atoms with E-state index in [0.717, 1.165) is 64.5 Å². The Labute approximate surface area is 165 Å². The monoisotopic (exact) mass is 388 g/mol. The van der Waals surface area contributed by atoms with Crippen molar-refractivity contribution in [3.63, 3.8) is 0 Å². The van der Waals surface area contributed by atoms with Gasteiger partial charge in [-0.2, -0.15) is 0 Å². The van der Waals surface area contributed by atoms with Gasteiger partial charge in [-0.05, 0) is 19.4 Å². The van der Waals surface area contributed by atoms with Crippen LogP contribution in [0.25, 0.3) is 0 Å². The Bertz CT molecular complexity index is 797. The van der Waals surface area contributed by atoms with Gasteiger partial charge in [0.2, 0.25) is 5.91 Å². The Balaban J connectivity index is 1.31. The first-order chi connectivity index (χ1) is 13.5. The van der Waals surface area contributed by atoms with Gasteiger partial charge in [0.1, 0.15) is 6.54 Å². The number of likely N-dealkylation sites (N-methyl/N-ethyl adjacent to an activating group) is 1. The van der Waals surface area contributed by atoms with Crippen LogP contribution in [0.3, 0.4) is 0 Å². The molecule has 1 aromatic heterocycles. The van der Waals surface area contributed by atoms with E-state index in [1.165, 1.54) is 9.80 Å². The Morgan fingerprint density at radius 3 is 2.68 bits per heavy atom. The Morgan fingerprint density at radius 2 is 1.93 bits per heavy atom. The van der Waals surface area contributed by atoms with Crippen LogP contribution in [0.1, 0.15) is 31.4 Å². The molecule has 7 heteroatoms. The molecule has 2 saturated heterocycles. The molecule has 3 atom stereocenters. The van der Waals surface area contributed by atoms with E-state index in [-0.39, 0.29) is 23.7 Å². The lowest BCUT2D eigenvalue weighted by Gasteiger charge is -2.40. The predicted octanol–water partition coefficient (Wildman–Crippen LogP) is -2.44. The number of ketones is 1. The van der Waals surface area contributed by atoms with Gasteiger partial charge in [-0.3, -0.25) is 14.4 Å². The van der Waals surface area contributed by atoms with Crippen molar-refractivity contribution >= 4 is 11.7 Å². The third-order valence-electron chi connectivity index (χ3n) is 6.79. The van der Waals surface area contributed by atoms with E-state index in [9.17, 15) is 14.4 Å². The van der Waals surface area contributed by atoms with Crippen LogP contribution in [0, 0.1) is 5.92 Å². The highest BCUT2D eigenvalue weighted by molar-refractivity contribution is 5.98. The van der Waals surface area contributed by atoms with E-state index >= 15 is 0 Å². The number of fused-ring (bicyclic) bond motifs is 4. The molecule has 1 unspecified atom stereocenters. The van der Waals surface area contributed by atoms with E-state index < -0.39 is 0 Å². The molecule has 1 aromatic rings. The van der Waals surface area contributed by atoms with Crippen LogP contribution in [0.5, 0.6) is 0 Å². The van der Waals surface area contributed by atoms with Crippen LogP contribution < -0.4 is 15.4 Å². The maximum Gasteiger partial charge on any atom is 0.250 e. The maximum absolute atomic E-state index is 12.6. The minimum atomic E-state index is -0.00588. The number of piperazine rings is 1. The van der Waals surface area contributed by atoms with Crippen molar-refractivity contribution in [2.75, 3.05) is 52.4 Å². The van der Waals surface area contributed by atoms with Crippen LogP contribution in [-0.2, 0) is 16.1 Å². The number of nitrogens with zero attached hydrogens (tertiary/aromatic N) is 2. The molecule has 4 heterocycles. The minimum absolute atomic E-state index is 0.00588. The summed E-state index contributed by atoms with van der Waals surface area (Å²) in [7, 11) is 0. The largest absolute Gasteiger partial charge is 0.332 e. The van der Waals surface area contributed by atoms with Crippen molar-refractivity contribution in [2.24, 2.45) is 5.92 Å². The second-order valence-corrected chi connectivity index (χ2v) is 8.73. The summed E-state index contributed by atoms with van der Waals surface area (Å²) in [5.41, 5.74) is 1.20. The molecule has 0 spiro atoms. The van der Waals surface area contributed by atoms with Gasteiger partial charge in [-0.1, -0.05) is 6.07 Å². The average Bonchev–Trinajstić information content (AvgIpc) is 2.68. The van der Waals surface area contributed by atoms with Crippen molar-refractivity contribution in [3.05, 3.63) is 34.2 Å². The zero-order valence-corrected chi connectivity index (χ0v) is 16.8. The highest BCUT2D eigenvalue weighted by Gasteiger charge is 2.38. The van der Waals surface area contributed by atoms with Crippen molar-refractivity contribution in [2.45, 2.75) is 32.2 Å². The smallest absolute Gasteiger partial charge is 0.250 e. The number of nitrogens with one attached hydrogen (secondary N) is 2. The normalized spacial score (nSPS) is 27.3. The first-order valence-electron chi connectivity index (χ1n) is 10.7. The average molecular weight is 389 g/mol.